The third kappa shape index (κ3) is 4.96. The molecule has 4 heterocycles. The summed E-state index contributed by atoms with van der Waals surface area (Å²) in [6, 6.07) is 9.88. The van der Waals surface area contributed by atoms with Gasteiger partial charge in [-0.05, 0) is 35.9 Å². The molecule has 1 saturated heterocycles. The summed E-state index contributed by atoms with van der Waals surface area (Å²) < 4.78 is 28.9. The molecular formula is C25H28N10O3S2. The van der Waals surface area contributed by atoms with Gasteiger partial charge in [-0.2, -0.15) is 9.52 Å². The first-order valence-corrected chi connectivity index (χ1v) is 15.1. The Balaban J connectivity index is 1.27. The average Bonchev–Trinajstić information content (AvgIpc) is 3.61. The fraction of sp³-hybridized carbons (Fsp3) is 0.360. The van der Waals surface area contributed by atoms with Gasteiger partial charge in [-0.1, -0.05) is 23.4 Å². The molecule has 2 unspecified atom stereocenters. The number of carbonyl (C=O) groups excluding carboxylic acids is 1. The minimum Gasteiger partial charge on any atom is -0.384 e. The summed E-state index contributed by atoms with van der Waals surface area (Å²) in [6.07, 6.45) is 1.00. The molecule has 2 atom stereocenters. The van der Waals surface area contributed by atoms with Crippen molar-refractivity contribution in [3.63, 3.8) is 0 Å². The van der Waals surface area contributed by atoms with Gasteiger partial charge in [0.2, 0.25) is 10.0 Å². The minimum absolute atomic E-state index is 0.0530. The molecule has 2 aliphatic heterocycles. The summed E-state index contributed by atoms with van der Waals surface area (Å²) in [6.45, 7) is 3.19. The van der Waals surface area contributed by atoms with E-state index in [0.717, 1.165) is 27.8 Å². The highest BCUT2D eigenvalue weighted by Gasteiger charge is 2.38. The van der Waals surface area contributed by atoms with Crippen LogP contribution >= 0.6 is 11.3 Å². The van der Waals surface area contributed by atoms with Crippen molar-refractivity contribution < 1.29 is 13.2 Å². The normalized spacial score (nSPS) is 20.0. The Morgan fingerprint density at radius 3 is 2.77 bits per heavy atom. The van der Waals surface area contributed by atoms with E-state index in [2.05, 4.69) is 37.8 Å². The van der Waals surface area contributed by atoms with Crippen molar-refractivity contribution in [2.24, 2.45) is 5.73 Å². The number of benzene rings is 2. The van der Waals surface area contributed by atoms with Crippen LogP contribution in [0.2, 0.25) is 0 Å². The van der Waals surface area contributed by atoms with E-state index >= 15 is 0 Å². The summed E-state index contributed by atoms with van der Waals surface area (Å²) >= 11 is 1.39. The zero-order chi connectivity index (χ0) is 28.0. The van der Waals surface area contributed by atoms with Gasteiger partial charge in [-0.25, -0.2) is 13.4 Å². The Hall–Kier alpha value is -3.79. The van der Waals surface area contributed by atoms with Crippen LogP contribution < -0.4 is 11.1 Å². The second kappa shape index (κ2) is 10.3. The molecule has 208 valence electrons. The summed E-state index contributed by atoms with van der Waals surface area (Å²) in [7, 11) is -3.87. The third-order valence-corrected chi connectivity index (χ3v) is 10.3. The predicted octanol–water partition coefficient (Wildman–Crippen LogP) is 0.886. The van der Waals surface area contributed by atoms with Gasteiger partial charge in [0.05, 0.1) is 16.6 Å². The number of aromatic amines is 1. The number of nitrogens with zero attached hydrogens (tertiary/aromatic N) is 6. The summed E-state index contributed by atoms with van der Waals surface area (Å²) in [4.78, 5) is 21.2. The quantitative estimate of drug-likeness (QED) is 0.190. The lowest BCUT2D eigenvalue weighted by atomic mass is 10.1. The fourth-order valence-electron chi connectivity index (χ4n) is 5.19. The number of thiazole rings is 1. The standard InChI is InChI=1S/C25H28N10O3S2/c1-14-8-20-21(12-28-14)39-24(29-20)25(36)35-7-6-34(13-18(35)11-22-30-32-33-31-22)40(37,38)19-5-4-15-9-17(23(26)27)3-2-16(15)10-19/h2-5,9-10,14,18,28H,6-8,11-13H2,1H3,(H3,26,27)(H,30,31,32,33). The molecule has 5 N–H and O–H groups in total. The molecule has 2 aromatic heterocycles. The molecule has 2 aliphatic rings. The highest BCUT2D eigenvalue weighted by molar-refractivity contribution is 7.89. The topological polar surface area (TPSA) is 187 Å². The van der Waals surface area contributed by atoms with Crippen LogP contribution in [0.25, 0.3) is 10.8 Å². The van der Waals surface area contributed by atoms with E-state index in [-0.39, 0.29) is 42.7 Å². The van der Waals surface area contributed by atoms with Crippen molar-refractivity contribution in [3.05, 3.63) is 63.4 Å². The van der Waals surface area contributed by atoms with E-state index in [1.807, 2.05) is 0 Å². The van der Waals surface area contributed by atoms with Crippen LogP contribution in [0.1, 0.15) is 38.7 Å². The number of carbonyl (C=O) groups is 1. The second-order valence-corrected chi connectivity index (χ2v) is 13.1. The molecule has 0 radical (unpaired) electrons. The van der Waals surface area contributed by atoms with Crippen molar-refractivity contribution in [3.8, 4) is 0 Å². The van der Waals surface area contributed by atoms with Gasteiger partial charge in [0.1, 0.15) is 5.84 Å². The molecule has 1 fully saturated rings. The van der Waals surface area contributed by atoms with Crippen molar-refractivity contribution in [1.82, 2.24) is 40.1 Å². The molecule has 2 aromatic carbocycles. The lowest BCUT2D eigenvalue weighted by Crippen LogP contribution is -2.57. The van der Waals surface area contributed by atoms with Crippen molar-refractivity contribution >= 4 is 43.9 Å². The lowest BCUT2D eigenvalue weighted by Gasteiger charge is -2.40. The van der Waals surface area contributed by atoms with Gasteiger partial charge < -0.3 is 16.0 Å². The van der Waals surface area contributed by atoms with Crippen LogP contribution in [-0.2, 0) is 29.4 Å². The monoisotopic (exact) mass is 580 g/mol. The van der Waals surface area contributed by atoms with Crippen LogP contribution in [0.5, 0.6) is 0 Å². The minimum atomic E-state index is -3.87. The van der Waals surface area contributed by atoms with Gasteiger partial charge in [-0.3, -0.25) is 10.2 Å². The third-order valence-electron chi connectivity index (χ3n) is 7.35. The molecule has 1 amide bonds. The Kier molecular flexibility index (Phi) is 6.82. The molecular weight excluding hydrogens is 552 g/mol. The van der Waals surface area contributed by atoms with Crippen LogP contribution in [0.4, 0.5) is 0 Å². The zero-order valence-corrected chi connectivity index (χ0v) is 23.3. The Morgan fingerprint density at radius 2 is 2.00 bits per heavy atom. The van der Waals surface area contributed by atoms with Gasteiger partial charge >= 0.3 is 0 Å². The number of nitrogen functional groups attached to an aromatic ring is 1. The number of hydrogen-bond donors (Lipinski definition) is 4. The number of amides is 1. The molecule has 40 heavy (non-hydrogen) atoms. The largest absolute Gasteiger partial charge is 0.384 e. The second-order valence-electron chi connectivity index (χ2n) is 10.1. The Labute approximate surface area is 234 Å². The van der Waals surface area contributed by atoms with E-state index in [4.69, 9.17) is 11.1 Å². The maximum absolute atomic E-state index is 13.8. The first-order valence-electron chi connectivity index (χ1n) is 12.8. The molecule has 4 aromatic rings. The average molecular weight is 581 g/mol. The molecule has 0 aliphatic carbocycles. The van der Waals surface area contributed by atoms with Gasteiger partial charge in [0.15, 0.2) is 10.8 Å². The number of nitrogens with one attached hydrogen (secondary N) is 3. The number of piperazine rings is 1. The number of rotatable bonds is 6. The predicted molar refractivity (Wildman–Crippen MR) is 149 cm³/mol. The summed E-state index contributed by atoms with van der Waals surface area (Å²) in [5.41, 5.74) is 7.11. The van der Waals surface area contributed by atoms with E-state index < -0.39 is 16.1 Å². The maximum atomic E-state index is 13.8. The fourth-order valence-corrected chi connectivity index (χ4v) is 7.69. The van der Waals surface area contributed by atoms with Crippen LogP contribution in [-0.4, -0.2) is 86.7 Å². The molecule has 0 saturated carbocycles. The maximum Gasteiger partial charge on any atom is 0.283 e. The van der Waals surface area contributed by atoms with Gasteiger partial charge in [-0.15, -0.1) is 21.5 Å². The number of amidine groups is 1. The lowest BCUT2D eigenvalue weighted by molar-refractivity contribution is 0.0561. The Morgan fingerprint density at radius 1 is 1.20 bits per heavy atom. The van der Waals surface area contributed by atoms with E-state index in [1.165, 1.54) is 15.6 Å². The van der Waals surface area contributed by atoms with Crippen molar-refractivity contribution in [2.75, 3.05) is 19.6 Å². The van der Waals surface area contributed by atoms with Crippen molar-refractivity contribution in [2.45, 2.75) is 43.3 Å². The highest BCUT2D eigenvalue weighted by Crippen LogP contribution is 2.29. The van der Waals surface area contributed by atoms with E-state index in [9.17, 15) is 13.2 Å². The van der Waals surface area contributed by atoms with E-state index in [1.54, 1.807) is 41.3 Å². The highest BCUT2D eigenvalue weighted by atomic mass is 32.2. The molecule has 0 bridgehead atoms. The van der Waals surface area contributed by atoms with Gasteiger partial charge in [0.25, 0.3) is 5.91 Å². The molecule has 0 spiro atoms. The van der Waals surface area contributed by atoms with Crippen LogP contribution in [0.3, 0.4) is 0 Å². The van der Waals surface area contributed by atoms with Crippen LogP contribution in [0, 0.1) is 5.41 Å². The first-order chi connectivity index (χ1) is 19.2. The number of tetrazole rings is 1. The SMILES string of the molecule is CC1Cc2nc(C(=O)N3CCN(S(=O)(=O)c4ccc5cc(C(=N)N)ccc5c4)CC3Cc3nn[nH]n3)sc2CN1. The summed E-state index contributed by atoms with van der Waals surface area (Å²) in [5, 5.41) is 27.1. The smallest absolute Gasteiger partial charge is 0.283 e. The zero-order valence-electron chi connectivity index (χ0n) is 21.7. The van der Waals surface area contributed by atoms with Crippen molar-refractivity contribution in [1.29, 1.82) is 5.41 Å². The molecule has 6 rings (SSSR count). The van der Waals surface area contributed by atoms with E-state index in [0.29, 0.717) is 29.0 Å². The van der Waals surface area contributed by atoms with Gasteiger partial charge in [0, 0.05) is 55.5 Å². The number of aromatic nitrogens is 5. The first kappa shape index (κ1) is 26.4. The number of hydrogen-bond acceptors (Lipinski definition) is 10. The number of H-pyrrole nitrogens is 1. The number of nitrogens with two attached hydrogens (primary N) is 1. The molecule has 13 nitrogen and oxygen atoms in total. The number of sulfonamides is 1. The van der Waals surface area contributed by atoms with Crippen LogP contribution in [0.15, 0.2) is 41.3 Å². The summed E-state index contributed by atoms with van der Waals surface area (Å²) in [5.74, 6) is 0.123. The Bertz CT molecular complexity index is 1700. The number of fused-ring (bicyclic) bond motifs is 2. The molecule has 15 heteroatoms.